The van der Waals surface area contributed by atoms with E-state index in [9.17, 15) is 0 Å². The number of para-hydroxylation sites is 3. The van der Waals surface area contributed by atoms with Crippen molar-refractivity contribution >= 4 is 33.0 Å². The number of hydrogen-bond donors (Lipinski definition) is 0. The van der Waals surface area contributed by atoms with Crippen molar-refractivity contribution in [1.82, 2.24) is 19.5 Å². The molecule has 0 unspecified atom stereocenters. The average molecular weight is 667 g/mol. The predicted octanol–water partition coefficient (Wildman–Crippen LogP) is 12.0. The van der Waals surface area contributed by atoms with Gasteiger partial charge in [-0.2, -0.15) is 0 Å². The third-order valence-electron chi connectivity index (χ3n) is 9.65. The van der Waals surface area contributed by atoms with Crippen LogP contribution in [0.2, 0.25) is 0 Å². The normalized spacial score (nSPS) is 11.5. The molecule has 3 heterocycles. The molecule has 0 saturated carbocycles. The molecular weight excluding hydrogens is 637 g/mol. The maximum absolute atomic E-state index is 6.59. The maximum Gasteiger partial charge on any atom is 0.161 e. The van der Waals surface area contributed by atoms with Crippen LogP contribution >= 0.6 is 0 Å². The molecule has 244 valence electrons. The highest BCUT2D eigenvalue weighted by Crippen LogP contribution is 2.39. The van der Waals surface area contributed by atoms with Crippen molar-refractivity contribution < 1.29 is 4.42 Å². The molecule has 0 radical (unpaired) electrons. The van der Waals surface area contributed by atoms with E-state index < -0.39 is 0 Å². The van der Waals surface area contributed by atoms with Crippen LogP contribution in [0.25, 0.3) is 95.1 Å². The largest absolute Gasteiger partial charge is 0.456 e. The van der Waals surface area contributed by atoms with Crippen LogP contribution in [0.4, 0.5) is 0 Å². The van der Waals surface area contributed by atoms with Crippen molar-refractivity contribution in [2.24, 2.45) is 0 Å². The molecule has 52 heavy (non-hydrogen) atoms. The number of fused-ring (bicyclic) bond motifs is 4. The minimum Gasteiger partial charge on any atom is -0.456 e. The molecule has 0 N–H and O–H groups in total. The van der Waals surface area contributed by atoms with Gasteiger partial charge >= 0.3 is 0 Å². The fraction of sp³-hybridized carbons (Fsp3) is 0. The van der Waals surface area contributed by atoms with Crippen molar-refractivity contribution in [3.05, 3.63) is 182 Å². The Morgan fingerprint density at radius 3 is 1.77 bits per heavy atom. The average Bonchev–Trinajstić information content (AvgIpc) is 3.80. The van der Waals surface area contributed by atoms with Gasteiger partial charge in [-0.05, 0) is 59.7 Å². The molecule has 3 aromatic heterocycles. The fourth-order valence-electron chi connectivity index (χ4n) is 7.15. The van der Waals surface area contributed by atoms with Crippen molar-refractivity contribution in [2.45, 2.75) is 0 Å². The third kappa shape index (κ3) is 5.15. The monoisotopic (exact) mass is 666 g/mol. The van der Waals surface area contributed by atoms with E-state index in [2.05, 4.69) is 138 Å². The molecule has 0 aliphatic heterocycles. The lowest BCUT2D eigenvalue weighted by Crippen LogP contribution is -1.97. The lowest BCUT2D eigenvalue weighted by molar-refractivity contribution is 0.669. The third-order valence-corrected chi connectivity index (χ3v) is 9.65. The molecule has 0 atom stereocenters. The quantitative estimate of drug-likeness (QED) is 0.177. The zero-order chi connectivity index (χ0) is 34.4. The Hall–Kier alpha value is -7.11. The Morgan fingerprint density at radius 2 is 1.02 bits per heavy atom. The van der Waals surface area contributed by atoms with E-state index in [1.54, 1.807) is 0 Å². The number of imidazole rings is 1. The zero-order valence-corrected chi connectivity index (χ0v) is 28.0. The minimum absolute atomic E-state index is 0.645. The highest BCUT2D eigenvalue weighted by molar-refractivity contribution is 6.12. The number of rotatable bonds is 6. The Bertz CT molecular complexity index is 2880. The molecule has 0 aliphatic carbocycles. The topological polar surface area (TPSA) is 56.7 Å². The van der Waals surface area contributed by atoms with Gasteiger partial charge in [0.25, 0.3) is 0 Å². The molecule has 0 amide bonds. The summed E-state index contributed by atoms with van der Waals surface area (Å²) in [5.41, 5.74) is 12.6. The van der Waals surface area contributed by atoms with E-state index in [-0.39, 0.29) is 0 Å². The molecule has 7 aromatic carbocycles. The first-order valence-corrected chi connectivity index (χ1v) is 17.4. The van der Waals surface area contributed by atoms with Gasteiger partial charge in [0.2, 0.25) is 0 Å². The van der Waals surface area contributed by atoms with Gasteiger partial charge in [0, 0.05) is 38.7 Å². The molecule has 0 fully saturated rings. The first-order valence-electron chi connectivity index (χ1n) is 17.4. The number of benzene rings is 7. The van der Waals surface area contributed by atoms with Crippen LogP contribution in [0.3, 0.4) is 0 Å². The fourth-order valence-corrected chi connectivity index (χ4v) is 7.15. The van der Waals surface area contributed by atoms with Crippen LogP contribution in [-0.2, 0) is 0 Å². The highest BCUT2D eigenvalue weighted by atomic mass is 16.3. The molecule has 10 aromatic rings. The molecule has 0 spiro atoms. The highest BCUT2D eigenvalue weighted by Gasteiger charge is 2.20. The summed E-state index contributed by atoms with van der Waals surface area (Å²) < 4.78 is 8.80. The Kier molecular flexibility index (Phi) is 7.07. The molecule has 10 rings (SSSR count). The summed E-state index contributed by atoms with van der Waals surface area (Å²) in [6, 6.07) is 62.5. The van der Waals surface area contributed by atoms with Crippen LogP contribution in [0.15, 0.2) is 186 Å². The van der Waals surface area contributed by atoms with E-state index in [0.29, 0.717) is 5.82 Å². The van der Waals surface area contributed by atoms with Gasteiger partial charge in [-0.1, -0.05) is 133 Å². The SMILES string of the molecule is c1ccc(-c2ccc(-c3cc(-c4ccccc4)nc(-c4cccc5oc6cc(-c7nc8ccccc8n7-c7ccccc7)ccc6c45)n3)cc2)cc1. The molecule has 5 nitrogen and oxygen atoms in total. The second-order valence-electron chi connectivity index (χ2n) is 12.9. The van der Waals surface area contributed by atoms with Crippen molar-refractivity contribution in [3.8, 4) is 62.1 Å². The van der Waals surface area contributed by atoms with Gasteiger partial charge < -0.3 is 4.42 Å². The number of hydrogen-bond acceptors (Lipinski definition) is 4. The second kappa shape index (κ2) is 12.3. The summed E-state index contributed by atoms with van der Waals surface area (Å²) in [6.45, 7) is 0. The van der Waals surface area contributed by atoms with Crippen LogP contribution < -0.4 is 0 Å². The van der Waals surface area contributed by atoms with E-state index in [0.717, 1.165) is 83.7 Å². The van der Waals surface area contributed by atoms with Gasteiger partial charge in [0.05, 0.1) is 22.4 Å². The molecule has 5 heteroatoms. The van der Waals surface area contributed by atoms with Gasteiger partial charge in [-0.3, -0.25) is 4.57 Å². The predicted molar refractivity (Wildman–Crippen MR) is 211 cm³/mol. The molecular formula is C47H30N4O. The smallest absolute Gasteiger partial charge is 0.161 e. The lowest BCUT2D eigenvalue weighted by atomic mass is 10.0. The summed E-state index contributed by atoms with van der Waals surface area (Å²) >= 11 is 0. The summed E-state index contributed by atoms with van der Waals surface area (Å²) in [5, 5.41) is 1.98. The van der Waals surface area contributed by atoms with Gasteiger partial charge in [-0.15, -0.1) is 0 Å². The molecule has 0 bridgehead atoms. The first kappa shape index (κ1) is 29.8. The number of nitrogens with zero attached hydrogens (tertiary/aromatic N) is 4. The lowest BCUT2D eigenvalue weighted by Gasteiger charge is -2.11. The van der Waals surface area contributed by atoms with Gasteiger partial charge in [0.15, 0.2) is 5.82 Å². The maximum atomic E-state index is 6.59. The summed E-state index contributed by atoms with van der Waals surface area (Å²) in [6.07, 6.45) is 0. The Morgan fingerprint density at radius 1 is 0.423 bits per heavy atom. The van der Waals surface area contributed by atoms with E-state index >= 15 is 0 Å². The second-order valence-corrected chi connectivity index (χ2v) is 12.9. The van der Waals surface area contributed by atoms with E-state index in [1.165, 1.54) is 5.56 Å². The van der Waals surface area contributed by atoms with Crippen molar-refractivity contribution in [2.75, 3.05) is 0 Å². The van der Waals surface area contributed by atoms with E-state index in [4.69, 9.17) is 19.4 Å². The Balaban J connectivity index is 1.12. The first-order chi connectivity index (χ1) is 25.8. The summed E-state index contributed by atoms with van der Waals surface area (Å²) in [4.78, 5) is 15.5. The van der Waals surface area contributed by atoms with Crippen LogP contribution in [-0.4, -0.2) is 19.5 Å². The molecule has 0 aliphatic rings. The van der Waals surface area contributed by atoms with E-state index in [1.807, 2.05) is 48.5 Å². The molecule has 0 saturated heterocycles. The number of aromatic nitrogens is 4. The zero-order valence-electron chi connectivity index (χ0n) is 28.0. The minimum atomic E-state index is 0.645. The van der Waals surface area contributed by atoms with Crippen molar-refractivity contribution in [1.29, 1.82) is 0 Å². The van der Waals surface area contributed by atoms with Gasteiger partial charge in [-0.25, -0.2) is 15.0 Å². The van der Waals surface area contributed by atoms with Crippen LogP contribution in [0.1, 0.15) is 0 Å². The summed E-state index contributed by atoms with van der Waals surface area (Å²) in [7, 11) is 0. The van der Waals surface area contributed by atoms with Gasteiger partial charge in [0.1, 0.15) is 17.0 Å². The summed E-state index contributed by atoms with van der Waals surface area (Å²) in [5.74, 6) is 1.50. The number of furan rings is 1. The van der Waals surface area contributed by atoms with Crippen molar-refractivity contribution in [3.63, 3.8) is 0 Å². The van der Waals surface area contributed by atoms with Crippen LogP contribution in [0.5, 0.6) is 0 Å². The Labute approximate surface area is 300 Å². The standard InChI is InChI=1S/C47H30N4O/c1-4-13-31(14-5-1)32-23-25-34(26-24-32)41-30-40(33-15-6-2-7-16-33)48-46(49-41)38-19-12-22-43-45(38)37-28-27-35(29-44(37)52-43)47-50-39-20-10-11-21-42(39)51(47)36-17-8-3-9-18-36/h1-30H. The van der Waals surface area contributed by atoms with Crippen LogP contribution in [0, 0.1) is 0 Å².